The summed E-state index contributed by atoms with van der Waals surface area (Å²) in [6.07, 6.45) is 14.6. The lowest BCUT2D eigenvalue weighted by atomic mass is 10.1. The van der Waals surface area contributed by atoms with Crippen molar-refractivity contribution in [2.75, 3.05) is 19.8 Å². The van der Waals surface area contributed by atoms with Crippen molar-refractivity contribution in [1.29, 1.82) is 0 Å². The third kappa shape index (κ3) is 6.66. The van der Waals surface area contributed by atoms with Gasteiger partial charge in [0.2, 0.25) is 0 Å². The van der Waals surface area contributed by atoms with Gasteiger partial charge in [0.05, 0.1) is 6.61 Å². The van der Waals surface area contributed by atoms with Gasteiger partial charge in [-0.1, -0.05) is 43.4 Å². The van der Waals surface area contributed by atoms with E-state index in [2.05, 4.69) is 42.6 Å². The van der Waals surface area contributed by atoms with Gasteiger partial charge in [-0.15, -0.1) is 0 Å². The highest BCUT2D eigenvalue weighted by atomic mass is 16.5. The van der Waals surface area contributed by atoms with E-state index < -0.39 is 0 Å². The van der Waals surface area contributed by atoms with Crippen molar-refractivity contribution in [2.24, 2.45) is 13.0 Å². The van der Waals surface area contributed by atoms with Crippen LogP contribution in [0.1, 0.15) is 18.1 Å². The molecule has 1 aromatic heterocycles. The molecule has 0 aliphatic heterocycles. The number of aryl methyl sites for hydroxylation is 1. The Labute approximate surface area is 173 Å². The van der Waals surface area contributed by atoms with Gasteiger partial charge >= 0.3 is 0 Å². The molecule has 154 valence electrons. The molecule has 3 rings (SSSR count). The molecular formula is C24H30N2O3. The highest BCUT2D eigenvalue weighted by molar-refractivity contribution is 5.44. The molecule has 29 heavy (non-hydrogen) atoms. The fourth-order valence-electron chi connectivity index (χ4n) is 3.02. The first-order valence-electron chi connectivity index (χ1n) is 10.0. The molecule has 0 saturated heterocycles. The maximum Gasteiger partial charge on any atom is 0.162 e. The minimum Gasteiger partial charge on any atom is -0.485 e. The van der Waals surface area contributed by atoms with Crippen molar-refractivity contribution < 1.29 is 14.6 Å². The standard InChI is InChI=1S/C24H30N2O3/c1-19-4-3-5-20(7-6-19)17-28-23-9-8-21(15-25-11-13-27)14-24(23)29-18-22-10-12-26(2)16-22/h3-10,12,14,16,19,25,27H,11,13,15,17-18H2,1-2H3. The molecule has 2 aromatic rings. The van der Waals surface area contributed by atoms with Crippen LogP contribution in [0.2, 0.25) is 0 Å². The second-order valence-electron chi connectivity index (χ2n) is 7.29. The highest BCUT2D eigenvalue weighted by Crippen LogP contribution is 2.30. The number of aliphatic hydroxyl groups is 1. The van der Waals surface area contributed by atoms with Crippen LogP contribution in [0, 0.1) is 5.92 Å². The van der Waals surface area contributed by atoms with E-state index in [1.807, 2.05) is 48.3 Å². The second kappa shape index (κ2) is 10.7. The Hall–Kier alpha value is -2.76. The summed E-state index contributed by atoms with van der Waals surface area (Å²) in [6, 6.07) is 8.02. The molecule has 0 fully saturated rings. The Morgan fingerprint density at radius 3 is 2.72 bits per heavy atom. The number of aliphatic hydroxyl groups excluding tert-OH is 1. The Morgan fingerprint density at radius 2 is 1.93 bits per heavy atom. The van der Waals surface area contributed by atoms with E-state index in [9.17, 15) is 0 Å². The van der Waals surface area contributed by atoms with Gasteiger partial charge in [0.1, 0.15) is 13.2 Å². The van der Waals surface area contributed by atoms with Crippen molar-refractivity contribution in [3.8, 4) is 11.5 Å². The van der Waals surface area contributed by atoms with Crippen LogP contribution < -0.4 is 14.8 Å². The van der Waals surface area contributed by atoms with E-state index in [4.69, 9.17) is 14.6 Å². The molecule has 0 amide bonds. The molecule has 1 aliphatic carbocycles. The first kappa shape index (κ1) is 21.0. The maximum atomic E-state index is 8.96. The van der Waals surface area contributed by atoms with Gasteiger partial charge in [-0.2, -0.15) is 0 Å². The zero-order valence-corrected chi connectivity index (χ0v) is 17.2. The van der Waals surface area contributed by atoms with Gasteiger partial charge in [-0.25, -0.2) is 0 Å². The lowest BCUT2D eigenvalue weighted by molar-refractivity contribution is 0.273. The third-order valence-electron chi connectivity index (χ3n) is 4.65. The summed E-state index contributed by atoms with van der Waals surface area (Å²) in [4.78, 5) is 0. The van der Waals surface area contributed by atoms with Crippen LogP contribution >= 0.6 is 0 Å². The average Bonchev–Trinajstić information content (AvgIpc) is 3.02. The first-order chi connectivity index (χ1) is 14.1. The van der Waals surface area contributed by atoms with Crippen LogP contribution in [-0.2, 0) is 20.2 Å². The summed E-state index contributed by atoms with van der Waals surface area (Å²) in [6.45, 7) is 4.47. The van der Waals surface area contributed by atoms with Crippen molar-refractivity contribution in [1.82, 2.24) is 9.88 Å². The third-order valence-corrected chi connectivity index (χ3v) is 4.65. The molecule has 0 spiro atoms. The predicted octanol–water partition coefficient (Wildman–Crippen LogP) is 3.75. The number of nitrogens with one attached hydrogen (secondary N) is 1. The lowest BCUT2D eigenvalue weighted by Gasteiger charge is -2.15. The number of allylic oxidation sites excluding steroid dienone is 4. The van der Waals surface area contributed by atoms with E-state index in [-0.39, 0.29) is 6.61 Å². The van der Waals surface area contributed by atoms with Gasteiger partial charge < -0.3 is 24.5 Å². The number of benzene rings is 1. The van der Waals surface area contributed by atoms with Gasteiger partial charge in [0.25, 0.3) is 0 Å². The molecule has 1 aromatic carbocycles. The Bertz CT molecular complexity index is 880. The smallest absolute Gasteiger partial charge is 0.162 e. The van der Waals surface area contributed by atoms with Crippen molar-refractivity contribution in [3.63, 3.8) is 0 Å². The van der Waals surface area contributed by atoms with E-state index in [0.717, 1.165) is 28.2 Å². The maximum absolute atomic E-state index is 8.96. The summed E-state index contributed by atoms with van der Waals surface area (Å²) in [5.74, 6) is 1.88. The fourth-order valence-corrected chi connectivity index (χ4v) is 3.02. The van der Waals surface area contributed by atoms with E-state index in [0.29, 0.717) is 32.2 Å². The highest BCUT2D eigenvalue weighted by Gasteiger charge is 2.09. The SMILES string of the molecule is CC1C=CC=C(COc2ccc(CNCCO)cc2OCc2ccn(C)c2)C=C1. The zero-order valence-electron chi connectivity index (χ0n) is 17.2. The number of hydrogen-bond acceptors (Lipinski definition) is 4. The molecule has 1 heterocycles. The van der Waals surface area contributed by atoms with Gasteiger partial charge in [-0.3, -0.25) is 0 Å². The average molecular weight is 395 g/mol. The van der Waals surface area contributed by atoms with Crippen LogP contribution in [0.15, 0.2) is 72.6 Å². The van der Waals surface area contributed by atoms with Crippen LogP contribution in [0.4, 0.5) is 0 Å². The minimum atomic E-state index is 0.119. The van der Waals surface area contributed by atoms with Crippen LogP contribution in [0.5, 0.6) is 11.5 Å². The van der Waals surface area contributed by atoms with Gasteiger partial charge in [0, 0.05) is 38.1 Å². The minimum absolute atomic E-state index is 0.119. The van der Waals surface area contributed by atoms with E-state index in [1.165, 1.54) is 0 Å². The predicted molar refractivity (Wildman–Crippen MR) is 116 cm³/mol. The number of aromatic nitrogens is 1. The molecule has 5 nitrogen and oxygen atoms in total. The Balaban J connectivity index is 1.70. The normalized spacial score (nSPS) is 15.8. The Morgan fingerprint density at radius 1 is 1.07 bits per heavy atom. The topological polar surface area (TPSA) is 55.6 Å². The van der Waals surface area contributed by atoms with Crippen molar-refractivity contribution in [2.45, 2.75) is 20.1 Å². The molecule has 1 atom stereocenters. The molecule has 0 bridgehead atoms. The van der Waals surface area contributed by atoms with Crippen molar-refractivity contribution in [3.05, 3.63) is 83.7 Å². The number of nitrogens with zero attached hydrogens (tertiary/aromatic N) is 1. The zero-order chi connectivity index (χ0) is 20.5. The largest absolute Gasteiger partial charge is 0.485 e. The summed E-state index contributed by atoms with van der Waals surface area (Å²) in [5, 5.41) is 12.2. The summed E-state index contributed by atoms with van der Waals surface area (Å²) in [7, 11) is 1.99. The Kier molecular flexibility index (Phi) is 7.73. The number of ether oxygens (including phenoxy) is 2. The number of hydrogen-bond donors (Lipinski definition) is 2. The second-order valence-corrected chi connectivity index (χ2v) is 7.29. The van der Waals surface area contributed by atoms with E-state index >= 15 is 0 Å². The fraction of sp³-hybridized carbons (Fsp3) is 0.333. The molecule has 0 radical (unpaired) electrons. The molecule has 1 unspecified atom stereocenters. The number of rotatable bonds is 10. The van der Waals surface area contributed by atoms with Crippen molar-refractivity contribution >= 4 is 0 Å². The van der Waals surface area contributed by atoms with Crippen LogP contribution in [0.25, 0.3) is 0 Å². The summed E-state index contributed by atoms with van der Waals surface area (Å²) < 4.78 is 14.2. The summed E-state index contributed by atoms with van der Waals surface area (Å²) in [5.41, 5.74) is 3.31. The van der Waals surface area contributed by atoms with Gasteiger partial charge in [0.15, 0.2) is 11.5 Å². The molecular weight excluding hydrogens is 364 g/mol. The van der Waals surface area contributed by atoms with Gasteiger partial charge in [-0.05, 0) is 35.3 Å². The van der Waals surface area contributed by atoms with E-state index in [1.54, 1.807) is 0 Å². The molecule has 5 heteroatoms. The molecule has 2 N–H and O–H groups in total. The lowest BCUT2D eigenvalue weighted by Crippen LogP contribution is -2.17. The van der Waals surface area contributed by atoms with Crippen LogP contribution in [0.3, 0.4) is 0 Å². The quantitative estimate of drug-likeness (QED) is 0.603. The first-order valence-corrected chi connectivity index (χ1v) is 10.0. The molecule has 0 saturated carbocycles. The van der Waals surface area contributed by atoms with Crippen LogP contribution in [-0.4, -0.2) is 29.4 Å². The monoisotopic (exact) mass is 394 g/mol. The molecule has 1 aliphatic rings. The summed E-state index contributed by atoms with van der Waals surface area (Å²) >= 11 is 0.